The van der Waals surface area contributed by atoms with Crippen molar-refractivity contribution in [2.45, 2.75) is 33.7 Å². The fourth-order valence-electron chi connectivity index (χ4n) is 3.65. The largest absolute Gasteiger partial charge is 0.343 e. The summed E-state index contributed by atoms with van der Waals surface area (Å²) >= 11 is 0. The van der Waals surface area contributed by atoms with Gasteiger partial charge in [-0.3, -0.25) is 4.98 Å². The number of pyridine rings is 1. The molecule has 2 heteroatoms. The van der Waals surface area contributed by atoms with E-state index >= 15 is 0 Å². The van der Waals surface area contributed by atoms with Gasteiger partial charge in [0.1, 0.15) is 0 Å². The summed E-state index contributed by atoms with van der Waals surface area (Å²) in [6.07, 6.45) is 3.06. The number of hydrogen-bond acceptors (Lipinski definition) is 1. The van der Waals surface area contributed by atoms with Crippen molar-refractivity contribution >= 4 is 21.7 Å². The Labute approximate surface area is 142 Å². The van der Waals surface area contributed by atoms with E-state index in [1.54, 1.807) is 0 Å². The number of fused-ring (bicyclic) bond motifs is 2. The minimum absolute atomic E-state index is 1.03. The lowest BCUT2D eigenvalue weighted by molar-refractivity contribution is 0.683. The van der Waals surface area contributed by atoms with Crippen LogP contribution in [0.5, 0.6) is 0 Å². The molecule has 0 aliphatic carbocycles. The van der Waals surface area contributed by atoms with Crippen molar-refractivity contribution in [3.63, 3.8) is 0 Å². The molecule has 0 saturated carbocycles. The van der Waals surface area contributed by atoms with E-state index in [0.29, 0.717) is 0 Å². The van der Waals surface area contributed by atoms with Crippen molar-refractivity contribution in [3.8, 4) is 11.3 Å². The van der Waals surface area contributed by atoms with Crippen LogP contribution in [0.2, 0.25) is 0 Å². The molecule has 2 nitrogen and oxygen atoms in total. The fraction of sp³-hybridized carbons (Fsp3) is 0.227. The molecule has 2 aromatic carbocycles. The van der Waals surface area contributed by atoms with E-state index in [1.807, 2.05) is 6.20 Å². The molecule has 0 amide bonds. The zero-order valence-electron chi connectivity index (χ0n) is 14.5. The summed E-state index contributed by atoms with van der Waals surface area (Å²) in [7, 11) is 0. The maximum Gasteiger partial charge on any atom is 0.0945 e. The normalized spacial score (nSPS) is 11.5. The molecule has 0 fully saturated rings. The number of aromatic nitrogens is 2. The van der Waals surface area contributed by atoms with Crippen molar-refractivity contribution in [3.05, 3.63) is 66.0 Å². The first-order valence-corrected chi connectivity index (χ1v) is 8.64. The second kappa shape index (κ2) is 5.79. The summed E-state index contributed by atoms with van der Waals surface area (Å²) in [4.78, 5) is 4.76. The lowest BCUT2D eigenvalue weighted by Crippen LogP contribution is -2.01. The average Bonchev–Trinajstić information content (AvgIpc) is 2.87. The van der Waals surface area contributed by atoms with Crippen LogP contribution in [0.4, 0.5) is 0 Å². The average molecular weight is 314 g/mol. The molecule has 2 heterocycles. The Bertz CT molecular complexity index is 1040. The number of hydrogen-bond donors (Lipinski definition) is 0. The Morgan fingerprint density at radius 1 is 0.958 bits per heavy atom. The molecule has 4 aromatic rings. The SMILES string of the molecule is CCCn1c(C)c(C)c2ccnc(-c3ccc4ccccc4c3)c21. The number of nitrogens with zero attached hydrogens (tertiary/aromatic N) is 2. The topological polar surface area (TPSA) is 17.8 Å². The van der Waals surface area contributed by atoms with E-state index in [4.69, 9.17) is 4.98 Å². The number of aryl methyl sites for hydroxylation is 2. The van der Waals surface area contributed by atoms with Crippen LogP contribution < -0.4 is 0 Å². The summed E-state index contributed by atoms with van der Waals surface area (Å²) in [6, 6.07) is 17.3. The molecule has 0 aliphatic rings. The van der Waals surface area contributed by atoms with E-state index in [0.717, 1.165) is 18.7 Å². The van der Waals surface area contributed by atoms with Crippen LogP contribution in [-0.2, 0) is 6.54 Å². The first kappa shape index (κ1) is 14.9. The van der Waals surface area contributed by atoms with Gasteiger partial charge in [-0.1, -0.05) is 43.3 Å². The molecule has 0 N–H and O–H groups in total. The van der Waals surface area contributed by atoms with Crippen LogP contribution in [-0.4, -0.2) is 9.55 Å². The molecular weight excluding hydrogens is 292 g/mol. The molecule has 0 radical (unpaired) electrons. The Kier molecular flexibility index (Phi) is 3.61. The zero-order chi connectivity index (χ0) is 16.7. The van der Waals surface area contributed by atoms with Crippen LogP contribution in [0.1, 0.15) is 24.6 Å². The first-order chi connectivity index (χ1) is 11.7. The minimum Gasteiger partial charge on any atom is -0.343 e. The summed E-state index contributed by atoms with van der Waals surface area (Å²) in [5, 5.41) is 3.85. The molecule has 0 saturated heterocycles. The molecule has 2 aromatic heterocycles. The van der Waals surface area contributed by atoms with Gasteiger partial charge < -0.3 is 4.57 Å². The maximum atomic E-state index is 4.76. The Morgan fingerprint density at radius 2 is 1.75 bits per heavy atom. The van der Waals surface area contributed by atoms with Gasteiger partial charge in [0.15, 0.2) is 0 Å². The molecule has 0 unspecified atom stereocenters. The van der Waals surface area contributed by atoms with Gasteiger partial charge in [0, 0.05) is 29.4 Å². The second-order valence-corrected chi connectivity index (χ2v) is 6.48. The van der Waals surface area contributed by atoms with Gasteiger partial charge in [-0.25, -0.2) is 0 Å². The third-order valence-corrected chi connectivity index (χ3v) is 5.02. The molecule has 4 rings (SSSR count). The fourth-order valence-corrected chi connectivity index (χ4v) is 3.65. The van der Waals surface area contributed by atoms with Crippen LogP contribution in [0, 0.1) is 13.8 Å². The van der Waals surface area contributed by atoms with E-state index in [9.17, 15) is 0 Å². The van der Waals surface area contributed by atoms with Crippen molar-refractivity contribution < 1.29 is 0 Å². The lowest BCUT2D eigenvalue weighted by atomic mass is 10.0. The molecule has 0 bridgehead atoms. The lowest BCUT2D eigenvalue weighted by Gasteiger charge is -2.11. The highest BCUT2D eigenvalue weighted by atomic mass is 15.0. The van der Waals surface area contributed by atoms with Gasteiger partial charge in [0.05, 0.1) is 11.2 Å². The Hall–Kier alpha value is -2.61. The standard InChI is InChI=1S/C22H22N2/c1-4-13-24-16(3)15(2)20-11-12-23-21(22(20)24)19-10-9-17-7-5-6-8-18(17)14-19/h5-12,14H,4,13H2,1-3H3. The van der Waals surface area contributed by atoms with Gasteiger partial charge in [-0.05, 0) is 48.7 Å². The highest BCUT2D eigenvalue weighted by Gasteiger charge is 2.16. The summed E-state index contributed by atoms with van der Waals surface area (Å²) in [5.74, 6) is 0. The van der Waals surface area contributed by atoms with E-state index in [1.165, 1.54) is 38.5 Å². The second-order valence-electron chi connectivity index (χ2n) is 6.48. The highest BCUT2D eigenvalue weighted by molar-refractivity contribution is 5.97. The van der Waals surface area contributed by atoms with E-state index in [-0.39, 0.29) is 0 Å². The van der Waals surface area contributed by atoms with Gasteiger partial charge in [0.25, 0.3) is 0 Å². The monoisotopic (exact) mass is 314 g/mol. The van der Waals surface area contributed by atoms with E-state index < -0.39 is 0 Å². The molecular formula is C22H22N2. The maximum absolute atomic E-state index is 4.76. The van der Waals surface area contributed by atoms with Crippen LogP contribution >= 0.6 is 0 Å². The van der Waals surface area contributed by atoms with Crippen molar-refractivity contribution in [1.82, 2.24) is 9.55 Å². The van der Waals surface area contributed by atoms with Gasteiger partial charge in [-0.15, -0.1) is 0 Å². The van der Waals surface area contributed by atoms with Gasteiger partial charge in [0.2, 0.25) is 0 Å². The van der Waals surface area contributed by atoms with Crippen LogP contribution in [0.25, 0.3) is 32.9 Å². The number of benzene rings is 2. The van der Waals surface area contributed by atoms with Crippen molar-refractivity contribution in [2.24, 2.45) is 0 Å². The Balaban J connectivity index is 2.03. The first-order valence-electron chi connectivity index (χ1n) is 8.64. The summed E-state index contributed by atoms with van der Waals surface area (Å²) in [6.45, 7) is 7.69. The highest BCUT2D eigenvalue weighted by Crippen LogP contribution is 2.33. The predicted octanol–water partition coefficient (Wildman–Crippen LogP) is 5.88. The van der Waals surface area contributed by atoms with Gasteiger partial charge in [-0.2, -0.15) is 0 Å². The quantitative estimate of drug-likeness (QED) is 0.461. The molecule has 120 valence electrons. The van der Waals surface area contributed by atoms with Crippen LogP contribution in [0.15, 0.2) is 54.7 Å². The zero-order valence-corrected chi connectivity index (χ0v) is 14.5. The van der Waals surface area contributed by atoms with E-state index in [2.05, 4.69) is 73.9 Å². The molecule has 0 atom stereocenters. The smallest absolute Gasteiger partial charge is 0.0945 e. The van der Waals surface area contributed by atoms with Crippen molar-refractivity contribution in [1.29, 1.82) is 0 Å². The summed E-state index contributed by atoms with van der Waals surface area (Å²) in [5.41, 5.74) is 6.26. The summed E-state index contributed by atoms with van der Waals surface area (Å²) < 4.78 is 2.43. The molecule has 0 aliphatic heterocycles. The molecule has 24 heavy (non-hydrogen) atoms. The Morgan fingerprint density at radius 3 is 2.54 bits per heavy atom. The van der Waals surface area contributed by atoms with Crippen LogP contribution in [0.3, 0.4) is 0 Å². The third-order valence-electron chi connectivity index (χ3n) is 5.02. The predicted molar refractivity (Wildman–Crippen MR) is 102 cm³/mol. The van der Waals surface area contributed by atoms with Gasteiger partial charge >= 0.3 is 0 Å². The van der Waals surface area contributed by atoms with Crippen molar-refractivity contribution in [2.75, 3.05) is 0 Å². The molecule has 0 spiro atoms. The minimum atomic E-state index is 1.03. The number of rotatable bonds is 3. The third kappa shape index (κ3) is 2.22.